The zero-order valence-corrected chi connectivity index (χ0v) is 12.9. The number of fused-ring (bicyclic) bond motifs is 1. The summed E-state index contributed by atoms with van der Waals surface area (Å²) in [5.41, 5.74) is 2.63. The van der Waals surface area contributed by atoms with E-state index in [-0.39, 0.29) is 5.56 Å². The third kappa shape index (κ3) is 2.08. The number of aromatic nitrogens is 4. The molecule has 4 rings (SSSR count). The van der Waals surface area contributed by atoms with E-state index in [1.54, 1.807) is 4.68 Å². The molecule has 0 spiro atoms. The van der Waals surface area contributed by atoms with Crippen molar-refractivity contribution in [2.45, 2.75) is 31.7 Å². The molecule has 0 aromatic carbocycles. The molecular weight excluding hydrogens is 290 g/mol. The molecule has 1 aliphatic rings. The summed E-state index contributed by atoms with van der Waals surface area (Å²) < 4.78 is 3.84. The topological polar surface area (TPSA) is 79.4 Å². The van der Waals surface area contributed by atoms with Gasteiger partial charge in [0.25, 0.3) is 5.56 Å². The Bertz CT molecular complexity index is 979. The number of nitrogens with zero attached hydrogens (tertiary/aromatic N) is 4. The maximum absolute atomic E-state index is 12.5. The molecule has 0 unspecified atom stereocenters. The summed E-state index contributed by atoms with van der Waals surface area (Å²) in [7, 11) is 1.85. The summed E-state index contributed by atoms with van der Waals surface area (Å²) in [4.78, 5) is 15.2. The van der Waals surface area contributed by atoms with Crippen molar-refractivity contribution in [3.8, 4) is 17.3 Å². The van der Waals surface area contributed by atoms with Crippen LogP contribution in [0.15, 0.2) is 29.5 Å². The lowest BCUT2D eigenvalue weighted by Gasteiger charge is -2.13. The highest BCUT2D eigenvalue weighted by Crippen LogP contribution is 2.37. The molecular formula is C17H17N5O. The van der Waals surface area contributed by atoms with Gasteiger partial charge >= 0.3 is 0 Å². The highest BCUT2D eigenvalue weighted by Gasteiger charge is 2.24. The third-order valence-electron chi connectivity index (χ3n) is 4.69. The van der Waals surface area contributed by atoms with Gasteiger partial charge < -0.3 is 9.55 Å². The Morgan fingerprint density at radius 1 is 1.39 bits per heavy atom. The van der Waals surface area contributed by atoms with E-state index in [4.69, 9.17) is 0 Å². The quantitative estimate of drug-likeness (QED) is 0.790. The van der Waals surface area contributed by atoms with Crippen LogP contribution >= 0.6 is 0 Å². The van der Waals surface area contributed by atoms with E-state index in [9.17, 15) is 10.1 Å². The van der Waals surface area contributed by atoms with Crippen LogP contribution in [0, 0.1) is 11.3 Å². The Labute approximate surface area is 133 Å². The Kier molecular flexibility index (Phi) is 3.08. The monoisotopic (exact) mass is 307 g/mol. The van der Waals surface area contributed by atoms with Crippen molar-refractivity contribution >= 4 is 10.9 Å². The van der Waals surface area contributed by atoms with Crippen molar-refractivity contribution in [3.63, 3.8) is 0 Å². The smallest absolute Gasteiger partial charge is 0.258 e. The molecule has 1 saturated carbocycles. The zero-order valence-electron chi connectivity index (χ0n) is 12.9. The summed E-state index contributed by atoms with van der Waals surface area (Å²) in [6.45, 7) is 0. The molecule has 1 aliphatic carbocycles. The number of nitrogens with one attached hydrogen (secondary N) is 1. The van der Waals surface area contributed by atoms with Crippen LogP contribution in [-0.4, -0.2) is 19.3 Å². The van der Waals surface area contributed by atoms with Crippen LogP contribution in [0.4, 0.5) is 0 Å². The van der Waals surface area contributed by atoms with Crippen LogP contribution in [0.1, 0.15) is 37.3 Å². The minimum absolute atomic E-state index is 0.170. The first-order valence-electron chi connectivity index (χ1n) is 7.85. The van der Waals surface area contributed by atoms with Crippen molar-refractivity contribution in [3.05, 3.63) is 40.6 Å². The Balaban J connectivity index is 2.08. The first-order chi connectivity index (χ1) is 11.2. The fraction of sp³-hybridized carbons (Fsp3) is 0.353. The van der Waals surface area contributed by atoms with Gasteiger partial charge in [0.15, 0.2) is 0 Å². The highest BCUT2D eigenvalue weighted by molar-refractivity contribution is 5.97. The first-order valence-corrected chi connectivity index (χ1v) is 7.85. The van der Waals surface area contributed by atoms with Gasteiger partial charge in [0.2, 0.25) is 0 Å². The predicted molar refractivity (Wildman–Crippen MR) is 87.0 cm³/mol. The molecule has 0 saturated heterocycles. The van der Waals surface area contributed by atoms with Crippen molar-refractivity contribution in [1.29, 1.82) is 5.26 Å². The Morgan fingerprint density at radius 2 is 2.17 bits per heavy atom. The molecule has 6 nitrogen and oxygen atoms in total. The molecule has 3 heterocycles. The summed E-state index contributed by atoms with van der Waals surface area (Å²) in [6, 6.07) is 4.46. The minimum atomic E-state index is -0.170. The lowest BCUT2D eigenvalue weighted by molar-refractivity contribution is 0.535. The number of hydrogen-bond donors (Lipinski definition) is 1. The minimum Gasteiger partial charge on any atom is -0.342 e. The lowest BCUT2D eigenvalue weighted by Crippen LogP contribution is -2.09. The van der Waals surface area contributed by atoms with Gasteiger partial charge in [0.05, 0.1) is 22.2 Å². The van der Waals surface area contributed by atoms with Gasteiger partial charge in [-0.05, 0) is 18.9 Å². The van der Waals surface area contributed by atoms with Crippen LogP contribution < -0.4 is 5.56 Å². The van der Waals surface area contributed by atoms with Gasteiger partial charge in [0, 0.05) is 37.2 Å². The molecule has 0 aliphatic heterocycles. The predicted octanol–water partition coefficient (Wildman–Crippen LogP) is 2.72. The van der Waals surface area contributed by atoms with Gasteiger partial charge in [-0.1, -0.05) is 12.8 Å². The van der Waals surface area contributed by atoms with E-state index in [1.807, 2.05) is 25.5 Å². The van der Waals surface area contributed by atoms with Gasteiger partial charge in [-0.2, -0.15) is 10.4 Å². The van der Waals surface area contributed by atoms with E-state index in [0.717, 1.165) is 29.6 Å². The molecule has 6 heteroatoms. The van der Waals surface area contributed by atoms with Crippen molar-refractivity contribution < 1.29 is 0 Å². The fourth-order valence-electron chi connectivity index (χ4n) is 3.62. The maximum atomic E-state index is 12.5. The molecule has 3 aromatic heterocycles. The Morgan fingerprint density at radius 3 is 2.83 bits per heavy atom. The lowest BCUT2D eigenvalue weighted by atomic mass is 10.1. The standard InChI is InChI=1S/C17H17N5O/c1-21-7-6-14(20-21)13-10-22(12-4-2-3-5-12)16-11(8-18)9-19-17(23)15(13)16/h6-7,9-10,12H,2-5H2,1H3,(H,19,23). The zero-order chi connectivity index (χ0) is 16.0. The summed E-state index contributed by atoms with van der Waals surface area (Å²) in [5.74, 6) is 0. The number of H-pyrrole nitrogens is 1. The largest absolute Gasteiger partial charge is 0.342 e. The van der Waals surface area contributed by atoms with Crippen molar-refractivity contribution in [2.24, 2.45) is 7.05 Å². The fourth-order valence-corrected chi connectivity index (χ4v) is 3.62. The molecule has 0 bridgehead atoms. The molecule has 3 aromatic rings. The molecule has 0 amide bonds. The van der Waals surface area contributed by atoms with Crippen LogP contribution in [0.3, 0.4) is 0 Å². The number of rotatable bonds is 2. The number of nitriles is 1. The van der Waals surface area contributed by atoms with E-state index in [0.29, 0.717) is 17.0 Å². The number of hydrogen-bond acceptors (Lipinski definition) is 3. The average molecular weight is 307 g/mol. The Hall–Kier alpha value is -2.81. The number of aromatic amines is 1. The molecule has 1 fully saturated rings. The van der Waals surface area contributed by atoms with E-state index < -0.39 is 0 Å². The van der Waals surface area contributed by atoms with E-state index in [2.05, 4.69) is 20.7 Å². The SMILES string of the molecule is Cn1ccc(-c2cn(C3CCCC3)c3c(C#N)c[nH]c(=O)c23)n1. The van der Waals surface area contributed by atoms with Crippen molar-refractivity contribution in [1.82, 2.24) is 19.3 Å². The highest BCUT2D eigenvalue weighted by atomic mass is 16.1. The second kappa shape index (κ2) is 5.13. The summed E-state index contributed by atoms with van der Waals surface area (Å²) >= 11 is 0. The van der Waals surface area contributed by atoms with Gasteiger partial charge in [-0.15, -0.1) is 0 Å². The van der Waals surface area contributed by atoms with Crippen molar-refractivity contribution in [2.75, 3.05) is 0 Å². The van der Waals surface area contributed by atoms with E-state index >= 15 is 0 Å². The van der Waals surface area contributed by atoms with E-state index in [1.165, 1.54) is 19.0 Å². The molecule has 116 valence electrons. The van der Waals surface area contributed by atoms with Gasteiger partial charge in [0.1, 0.15) is 6.07 Å². The summed E-state index contributed by atoms with van der Waals surface area (Å²) in [5, 5.41) is 14.5. The summed E-state index contributed by atoms with van der Waals surface area (Å²) in [6.07, 6.45) is 9.92. The number of pyridine rings is 1. The average Bonchev–Trinajstić information content (AvgIpc) is 3.25. The molecule has 0 atom stereocenters. The maximum Gasteiger partial charge on any atom is 0.258 e. The normalized spacial score (nSPS) is 15.3. The first kappa shape index (κ1) is 13.8. The van der Waals surface area contributed by atoms with Gasteiger partial charge in [-0.25, -0.2) is 0 Å². The van der Waals surface area contributed by atoms with Crippen LogP contribution in [0.2, 0.25) is 0 Å². The van der Waals surface area contributed by atoms with Crippen LogP contribution in [-0.2, 0) is 7.05 Å². The second-order valence-electron chi connectivity index (χ2n) is 6.13. The second-order valence-corrected chi connectivity index (χ2v) is 6.13. The molecule has 1 N–H and O–H groups in total. The van der Waals surface area contributed by atoms with Gasteiger partial charge in [-0.3, -0.25) is 9.48 Å². The van der Waals surface area contributed by atoms with Crippen LogP contribution in [0.5, 0.6) is 0 Å². The van der Waals surface area contributed by atoms with Crippen LogP contribution in [0.25, 0.3) is 22.2 Å². The third-order valence-corrected chi connectivity index (χ3v) is 4.69. The molecule has 0 radical (unpaired) electrons. The number of aryl methyl sites for hydroxylation is 1. The molecule has 23 heavy (non-hydrogen) atoms.